The molecule has 4 rings (SSSR count). The second-order valence-electron chi connectivity index (χ2n) is 11.0. The van der Waals surface area contributed by atoms with Crippen molar-refractivity contribution < 1.29 is 14.7 Å². The molecule has 0 aromatic carbocycles. The van der Waals surface area contributed by atoms with Crippen molar-refractivity contribution in [3.05, 3.63) is 0 Å². The second-order valence-corrected chi connectivity index (χ2v) is 11.0. The van der Waals surface area contributed by atoms with Crippen LogP contribution in [0.2, 0.25) is 0 Å². The first-order valence-electron chi connectivity index (χ1n) is 11.5. The number of aliphatic carboxylic acids is 1. The van der Waals surface area contributed by atoms with Crippen molar-refractivity contribution in [1.29, 1.82) is 0 Å². The number of carboxylic acids is 1. The van der Waals surface area contributed by atoms with E-state index in [-0.39, 0.29) is 11.8 Å². The van der Waals surface area contributed by atoms with Crippen molar-refractivity contribution >= 4 is 11.8 Å². The van der Waals surface area contributed by atoms with Gasteiger partial charge in [-0.15, -0.1) is 0 Å². The van der Waals surface area contributed by atoms with Gasteiger partial charge in [0.25, 0.3) is 0 Å². The Balaban J connectivity index is 1.57. The fourth-order valence-corrected chi connectivity index (χ4v) is 8.49. The van der Waals surface area contributed by atoms with Crippen LogP contribution in [0.25, 0.3) is 0 Å². The molecule has 0 aromatic rings. The van der Waals surface area contributed by atoms with E-state index in [0.29, 0.717) is 46.7 Å². The molecule has 4 fully saturated rings. The lowest BCUT2D eigenvalue weighted by Crippen LogP contribution is -2.56. The quantitative estimate of drug-likeness (QED) is 0.685. The molecular formula is C24H38O3. The number of carboxylic acid groups (broad SMARTS) is 1. The van der Waals surface area contributed by atoms with E-state index >= 15 is 0 Å². The van der Waals surface area contributed by atoms with Crippen LogP contribution in [0.3, 0.4) is 0 Å². The van der Waals surface area contributed by atoms with E-state index in [1.54, 1.807) is 0 Å². The van der Waals surface area contributed by atoms with Gasteiger partial charge in [0.2, 0.25) is 0 Å². The fraction of sp³-hybridized carbons (Fsp3) is 0.917. The van der Waals surface area contributed by atoms with Crippen LogP contribution in [0.1, 0.15) is 91.4 Å². The maximum Gasteiger partial charge on any atom is 0.303 e. The van der Waals surface area contributed by atoms with Crippen LogP contribution >= 0.6 is 0 Å². The number of fused-ring (bicyclic) bond motifs is 5. The van der Waals surface area contributed by atoms with Crippen molar-refractivity contribution in [3.63, 3.8) is 0 Å². The summed E-state index contributed by atoms with van der Waals surface area (Å²) in [7, 11) is 0. The minimum absolute atomic E-state index is 0.243. The summed E-state index contributed by atoms with van der Waals surface area (Å²) in [6, 6.07) is 0. The smallest absolute Gasteiger partial charge is 0.303 e. The number of hydrogen-bond acceptors (Lipinski definition) is 2. The van der Waals surface area contributed by atoms with Crippen molar-refractivity contribution in [3.8, 4) is 0 Å². The number of hydrogen-bond donors (Lipinski definition) is 1. The third-order valence-electron chi connectivity index (χ3n) is 9.96. The zero-order chi connectivity index (χ0) is 19.4. The molecule has 27 heavy (non-hydrogen) atoms. The van der Waals surface area contributed by atoms with E-state index in [1.165, 1.54) is 51.4 Å². The summed E-state index contributed by atoms with van der Waals surface area (Å²) in [5.41, 5.74) is 0.637. The third-order valence-corrected chi connectivity index (χ3v) is 9.96. The van der Waals surface area contributed by atoms with Crippen LogP contribution in [0, 0.1) is 46.3 Å². The molecule has 0 bridgehead atoms. The predicted octanol–water partition coefficient (Wildman–Crippen LogP) is 5.72. The average Bonchev–Trinajstić information content (AvgIpc) is 2.97. The Morgan fingerprint density at radius 1 is 1.07 bits per heavy atom. The lowest BCUT2D eigenvalue weighted by Gasteiger charge is -2.60. The first kappa shape index (κ1) is 19.5. The van der Waals surface area contributed by atoms with Crippen LogP contribution in [0.5, 0.6) is 0 Å². The summed E-state index contributed by atoms with van der Waals surface area (Å²) in [5.74, 6) is 3.02. The van der Waals surface area contributed by atoms with Crippen LogP contribution in [-0.2, 0) is 9.59 Å². The molecular weight excluding hydrogens is 336 g/mol. The molecule has 0 spiro atoms. The standard InChI is InChI=1S/C24H38O3/c1-15(7-10-21(26)27)17-8-9-18-22-19(11-13-24(17,18)3)23(2)12-5-4-6-16(23)14-20(22)25/h15-19,22H,4-14H2,1-3H3,(H,26,27)/t15?,16?,17-,18+,19+,22+,23+,24-/m1/s1. The Morgan fingerprint density at radius 3 is 2.56 bits per heavy atom. The number of Topliss-reactive ketones (excluding diaryl/α,β-unsaturated/α-hetero) is 1. The molecule has 0 heterocycles. The second kappa shape index (κ2) is 6.88. The lowest BCUT2D eigenvalue weighted by atomic mass is 9.44. The average molecular weight is 375 g/mol. The van der Waals surface area contributed by atoms with Crippen LogP contribution in [0.4, 0.5) is 0 Å². The summed E-state index contributed by atoms with van der Waals surface area (Å²) in [4.78, 5) is 24.4. The van der Waals surface area contributed by atoms with Crippen molar-refractivity contribution in [2.24, 2.45) is 46.3 Å². The molecule has 4 aliphatic rings. The topological polar surface area (TPSA) is 54.4 Å². The van der Waals surface area contributed by atoms with E-state index in [0.717, 1.165) is 12.8 Å². The van der Waals surface area contributed by atoms with Gasteiger partial charge in [-0.1, -0.05) is 33.6 Å². The highest BCUT2D eigenvalue weighted by atomic mass is 16.4. The first-order valence-corrected chi connectivity index (χ1v) is 11.5. The summed E-state index contributed by atoms with van der Waals surface area (Å²) in [6.45, 7) is 7.23. The summed E-state index contributed by atoms with van der Waals surface area (Å²) < 4.78 is 0. The lowest BCUT2D eigenvalue weighted by molar-refractivity contribution is -0.156. The molecule has 0 aliphatic heterocycles. The van der Waals surface area contributed by atoms with Crippen molar-refractivity contribution in [2.45, 2.75) is 91.4 Å². The van der Waals surface area contributed by atoms with Gasteiger partial charge in [0.1, 0.15) is 5.78 Å². The van der Waals surface area contributed by atoms with Gasteiger partial charge in [0.15, 0.2) is 0 Å². The molecule has 4 aliphatic carbocycles. The minimum Gasteiger partial charge on any atom is -0.481 e. The van der Waals surface area contributed by atoms with Gasteiger partial charge < -0.3 is 5.11 Å². The zero-order valence-electron chi connectivity index (χ0n) is 17.5. The predicted molar refractivity (Wildman–Crippen MR) is 106 cm³/mol. The molecule has 2 unspecified atom stereocenters. The third kappa shape index (κ3) is 2.99. The van der Waals surface area contributed by atoms with E-state index in [1.807, 2.05) is 0 Å². The first-order chi connectivity index (χ1) is 12.8. The van der Waals surface area contributed by atoms with Gasteiger partial charge in [0.05, 0.1) is 0 Å². The Bertz CT molecular complexity index is 613. The Labute approximate surface area is 164 Å². The minimum atomic E-state index is -0.677. The van der Waals surface area contributed by atoms with Gasteiger partial charge >= 0.3 is 5.97 Å². The van der Waals surface area contributed by atoms with Gasteiger partial charge in [-0.2, -0.15) is 0 Å². The maximum atomic E-state index is 13.3. The summed E-state index contributed by atoms with van der Waals surface area (Å²) >= 11 is 0. The van der Waals surface area contributed by atoms with Gasteiger partial charge in [-0.25, -0.2) is 0 Å². The Hall–Kier alpha value is -0.860. The number of carbonyl (C=O) groups is 2. The number of rotatable bonds is 4. The van der Waals surface area contributed by atoms with Crippen LogP contribution < -0.4 is 0 Å². The molecule has 3 nitrogen and oxygen atoms in total. The van der Waals surface area contributed by atoms with Gasteiger partial charge in [0, 0.05) is 18.8 Å². The van der Waals surface area contributed by atoms with Crippen LogP contribution in [-0.4, -0.2) is 16.9 Å². The van der Waals surface area contributed by atoms with Crippen molar-refractivity contribution in [2.75, 3.05) is 0 Å². The highest BCUT2D eigenvalue weighted by molar-refractivity contribution is 5.83. The van der Waals surface area contributed by atoms with Crippen molar-refractivity contribution in [1.82, 2.24) is 0 Å². The fourth-order valence-electron chi connectivity index (χ4n) is 8.49. The Kier molecular flexibility index (Phi) is 4.96. The van der Waals surface area contributed by atoms with Crippen LogP contribution in [0.15, 0.2) is 0 Å². The zero-order valence-corrected chi connectivity index (χ0v) is 17.5. The highest BCUT2D eigenvalue weighted by Gasteiger charge is 2.62. The summed E-state index contributed by atoms with van der Waals surface area (Å²) in [5, 5.41) is 9.08. The largest absolute Gasteiger partial charge is 0.481 e. The molecule has 152 valence electrons. The Morgan fingerprint density at radius 2 is 1.81 bits per heavy atom. The molecule has 0 radical (unpaired) electrons. The molecule has 0 amide bonds. The molecule has 0 aromatic heterocycles. The van der Waals surface area contributed by atoms with Gasteiger partial charge in [-0.05, 0) is 85.4 Å². The van der Waals surface area contributed by atoms with E-state index in [9.17, 15) is 9.59 Å². The molecule has 0 saturated heterocycles. The molecule has 1 N–H and O–H groups in total. The molecule has 4 saturated carbocycles. The van der Waals surface area contributed by atoms with E-state index in [2.05, 4.69) is 20.8 Å². The number of ketones is 1. The monoisotopic (exact) mass is 374 g/mol. The molecule has 8 atom stereocenters. The normalized spacial score (nSPS) is 47.7. The maximum absolute atomic E-state index is 13.3. The SMILES string of the molecule is CC(CCC(=O)O)[C@H]1CC[C@H]2[C@@H]3C(=O)CC4CCCC[C@]4(C)[C@H]3CC[C@]12C. The van der Waals surface area contributed by atoms with E-state index < -0.39 is 5.97 Å². The highest BCUT2D eigenvalue weighted by Crippen LogP contribution is 2.67. The number of carbonyl (C=O) groups excluding carboxylic acids is 1. The summed E-state index contributed by atoms with van der Waals surface area (Å²) in [6.07, 6.45) is 12.0. The van der Waals surface area contributed by atoms with E-state index in [4.69, 9.17) is 5.11 Å². The van der Waals surface area contributed by atoms with Gasteiger partial charge in [-0.3, -0.25) is 9.59 Å². The molecule has 3 heteroatoms.